The van der Waals surface area contributed by atoms with E-state index in [-0.39, 0.29) is 5.60 Å². The third kappa shape index (κ3) is 4.00. The predicted molar refractivity (Wildman–Crippen MR) is 88.9 cm³/mol. The molecular weight excluding hydrogens is 308 g/mol. The van der Waals surface area contributed by atoms with Gasteiger partial charge in [-0.1, -0.05) is 0 Å². The van der Waals surface area contributed by atoms with Gasteiger partial charge in [0.1, 0.15) is 11.4 Å². The van der Waals surface area contributed by atoms with Gasteiger partial charge in [0, 0.05) is 32.7 Å². The Labute approximate surface area is 143 Å². The third-order valence-electron chi connectivity index (χ3n) is 5.29. The molecule has 6 heteroatoms. The van der Waals surface area contributed by atoms with Crippen LogP contribution in [0.2, 0.25) is 0 Å². The molecule has 3 fully saturated rings. The van der Waals surface area contributed by atoms with Crippen LogP contribution in [0.5, 0.6) is 0 Å². The van der Waals surface area contributed by atoms with Gasteiger partial charge in [-0.3, -0.25) is 9.80 Å². The Kier molecular flexibility index (Phi) is 5.20. The molecule has 0 aromatic carbocycles. The van der Waals surface area contributed by atoms with Gasteiger partial charge in [0.05, 0.1) is 45.3 Å². The first-order valence-corrected chi connectivity index (χ1v) is 9.12. The van der Waals surface area contributed by atoms with Gasteiger partial charge in [-0.25, -0.2) is 0 Å². The molecule has 1 aromatic heterocycles. The summed E-state index contributed by atoms with van der Waals surface area (Å²) in [6, 6.07) is 3.99. The van der Waals surface area contributed by atoms with Crippen molar-refractivity contribution in [3.8, 4) is 0 Å². The van der Waals surface area contributed by atoms with Crippen LogP contribution in [0.1, 0.15) is 18.6 Å². The second kappa shape index (κ2) is 7.54. The molecule has 4 rings (SSSR count). The van der Waals surface area contributed by atoms with Gasteiger partial charge in [0.15, 0.2) is 0 Å². The topological polar surface area (TPSA) is 47.3 Å². The maximum absolute atomic E-state index is 6.54. The molecule has 3 aliphatic rings. The molecule has 0 aliphatic carbocycles. The van der Waals surface area contributed by atoms with Crippen LogP contribution in [-0.2, 0) is 20.8 Å². The number of rotatable bonds is 4. The zero-order valence-electron chi connectivity index (χ0n) is 14.3. The van der Waals surface area contributed by atoms with Crippen molar-refractivity contribution < 1.29 is 18.6 Å². The molecule has 6 nitrogen and oxygen atoms in total. The summed E-state index contributed by atoms with van der Waals surface area (Å²) in [6.07, 6.45) is 4.26. The second-order valence-electron chi connectivity index (χ2n) is 7.22. The smallest absolute Gasteiger partial charge is 0.117 e. The maximum Gasteiger partial charge on any atom is 0.117 e. The lowest BCUT2D eigenvalue weighted by Crippen LogP contribution is -2.46. The average molecular weight is 336 g/mol. The Balaban J connectivity index is 1.34. The van der Waals surface area contributed by atoms with Crippen LogP contribution in [0.15, 0.2) is 22.8 Å². The number of furan rings is 1. The van der Waals surface area contributed by atoms with Gasteiger partial charge < -0.3 is 18.6 Å². The first-order valence-electron chi connectivity index (χ1n) is 9.12. The molecule has 24 heavy (non-hydrogen) atoms. The minimum atomic E-state index is -0.153. The molecule has 134 valence electrons. The summed E-state index contributed by atoms with van der Waals surface area (Å²) in [5.41, 5.74) is -0.153. The molecular formula is C18H28N2O4. The van der Waals surface area contributed by atoms with Gasteiger partial charge in [-0.05, 0) is 25.0 Å². The maximum atomic E-state index is 6.54. The van der Waals surface area contributed by atoms with Crippen LogP contribution >= 0.6 is 0 Å². The number of hydrogen-bond donors (Lipinski definition) is 0. The summed E-state index contributed by atoms with van der Waals surface area (Å²) in [5.74, 6) is 1.01. The van der Waals surface area contributed by atoms with Crippen molar-refractivity contribution in [2.45, 2.75) is 31.1 Å². The summed E-state index contributed by atoms with van der Waals surface area (Å²) in [5, 5.41) is 0. The van der Waals surface area contributed by atoms with E-state index in [1.807, 2.05) is 12.1 Å². The quantitative estimate of drug-likeness (QED) is 0.827. The van der Waals surface area contributed by atoms with E-state index in [2.05, 4.69) is 9.80 Å². The molecule has 0 N–H and O–H groups in total. The zero-order chi connectivity index (χ0) is 16.2. The Hall–Kier alpha value is -0.920. The van der Waals surface area contributed by atoms with Gasteiger partial charge in [0.25, 0.3) is 0 Å². The van der Waals surface area contributed by atoms with Crippen molar-refractivity contribution in [2.24, 2.45) is 0 Å². The van der Waals surface area contributed by atoms with E-state index in [0.717, 1.165) is 77.7 Å². The monoisotopic (exact) mass is 336 g/mol. The van der Waals surface area contributed by atoms with E-state index < -0.39 is 0 Å². The van der Waals surface area contributed by atoms with Crippen molar-refractivity contribution in [3.63, 3.8) is 0 Å². The van der Waals surface area contributed by atoms with Crippen LogP contribution in [0, 0.1) is 0 Å². The number of morpholine rings is 1. The molecule has 1 aromatic rings. The standard InChI is InChI=1S/C18H28N2O4/c1-2-16(23-8-1)12-20-7-11-22-15-18(14-20)4-3-17(24-18)13-19-5-9-21-10-6-19/h1-2,8,17H,3-7,9-15H2/t17-,18+/m1/s1. The Morgan fingerprint density at radius 2 is 1.92 bits per heavy atom. The van der Waals surface area contributed by atoms with E-state index in [9.17, 15) is 0 Å². The lowest BCUT2D eigenvalue weighted by molar-refractivity contribution is -0.0969. The van der Waals surface area contributed by atoms with Crippen LogP contribution in [0.25, 0.3) is 0 Å². The summed E-state index contributed by atoms with van der Waals surface area (Å²) in [4.78, 5) is 4.87. The predicted octanol–water partition coefficient (Wildman–Crippen LogP) is 1.36. The Bertz CT molecular complexity index is 503. The van der Waals surface area contributed by atoms with Crippen LogP contribution in [0.3, 0.4) is 0 Å². The zero-order valence-corrected chi connectivity index (χ0v) is 14.3. The fraction of sp³-hybridized carbons (Fsp3) is 0.778. The average Bonchev–Trinajstić information content (AvgIpc) is 3.18. The van der Waals surface area contributed by atoms with Crippen LogP contribution < -0.4 is 0 Å². The summed E-state index contributed by atoms with van der Waals surface area (Å²) < 4.78 is 23.4. The van der Waals surface area contributed by atoms with Gasteiger partial charge in [0.2, 0.25) is 0 Å². The van der Waals surface area contributed by atoms with Crippen LogP contribution in [0.4, 0.5) is 0 Å². The van der Waals surface area contributed by atoms with E-state index in [0.29, 0.717) is 12.7 Å². The highest BCUT2D eigenvalue weighted by Gasteiger charge is 2.43. The number of ether oxygens (including phenoxy) is 3. The molecule has 2 atom stereocenters. The second-order valence-corrected chi connectivity index (χ2v) is 7.22. The molecule has 0 saturated carbocycles. The fourth-order valence-corrected chi connectivity index (χ4v) is 4.06. The van der Waals surface area contributed by atoms with Gasteiger partial charge in [-0.15, -0.1) is 0 Å². The first-order chi connectivity index (χ1) is 11.8. The lowest BCUT2D eigenvalue weighted by Gasteiger charge is -2.33. The molecule has 1 spiro atoms. The molecule has 0 radical (unpaired) electrons. The van der Waals surface area contributed by atoms with E-state index >= 15 is 0 Å². The highest BCUT2D eigenvalue weighted by atomic mass is 16.6. The van der Waals surface area contributed by atoms with Crippen molar-refractivity contribution >= 4 is 0 Å². The molecule has 0 unspecified atom stereocenters. The SMILES string of the molecule is c1coc(CN2CCOC[C@]3(CC[C@H](CN4CCOCC4)O3)C2)c1. The molecule has 3 saturated heterocycles. The fourth-order valence-electron chi connectivity index (χ4n) is 4.06. The van der Waals surface area contributed by atoms with E-state index in [1.165, 1.54) is 0 Å². The Morgan fingerprint density at radius 1 is 1.08 bits per heavy atom. The molecule has 0 amide bonds. The number of nitrogens with zero attached hydrogens (tertiary/aromatic N) is 2. The van der Waals surface area contributed by atoms with Crippen molar-refractivity contribution in [3.05, 3.63) is 24.2 Å². The molecule has 4 heterocycles. The lowest BCUT2D eigenvalue weighted by atomic mass is 10.00. The highest BCUT2D eigenvalue weighted by Crippen LogP contribution is 2.34. The van der Waals surface area contributed by atoms with Crippen LogP contribution in [-0.4, -0.2) is 80.7 Å². The van der Waals surface area contributed by atoms with Crippen molar-refractivity contribution in [1.82, 2.24) is 9.80 Å². The van der Waals surface area contributed by atoms with Crippen molar-refractivity contribution in [1.29, 1.82) is 0 Å². The minimum Gasteiger partial charge on any atom is -0.468 e. The molecule has 3 aliphatic heterocycles. The summed E-state index contributed by atoms with van der Waals surface area (Å²) in [7, 11) is 0. The Morgan fingerprint density at radius 3 is 2.75 bits per heavy atom. The molecule has 0 bridgehead atoms. The van der Waals surface area contributed by atoms with E-state index in [4.69, 9.17) is 18.6 Å². The summed E-state index contributed by atoms with van der Waals surface area (Å²) >= 11 is 0. The van der Waals surface area contributed by atoms with Gasteiger partial charge in [-0.2, -0.15) is 0 Å². The minimum absolute atomic E-state index is 0.153. The first kappa shape index (κ1) is 16.5. The van der Waals surface area contributed by atoms with E-state index in [1.54, 1.807) is 6.26 Å². The van der Waals surface area contributed by atoms with Crippen molar-refractivity contribution in [2.75, 3.05) is 59.2 Å². The number of hydrogen-bond acceptors (Lipinski definition) is 6. The largest absolute Gasteiger partial charge is 0.468 e. The highest BCUT2D eigenvalue weighted by molar-refractivity contribution is 5.00. The third-order valence-corrected chi connectivity index (χ3v) is 5.29. The van der Waals surface area contributed by atoms with Gasteiger partial charge >= 0.3 is 0 Å². The summed E-state index contributed by atoms with van der Waals surface area (Å²) in [6.45, 7) is 8.91. The normalized spacial score (nSPS) is 33.1.